The second-order valence-electron chi connectivity index (χ2n) is 7.44. The smallest absolute Gasteiger partial charge is 0.326 e. The summed E-state index contributed by atoms with van der Waals surface area (Å²) in [5.74, 6) is -0.156. The van der Waals surface area contributed by atoms with Crippen molar-refractivity contribution in [1.29, 1.82) is 0 Å². The highest BCUT2D eigenvalue weighted by atomic mass is 16.5. The van der Waals surface area contributed by atoms with Gasteiger partial charge in [-0.15, -0.1) is 0 Å². The number of carbonyl (C=O) groups excluding carboxylic acids is 2. The molecule has 4 rings (SSSR count). The Bertz CT molecular complexity index is 778. The van der Waals surface area contributed by atoms with Crippen LogP contribution in [0.2, 0.25) is 0 Å². The number of imide groups is 1. The molecule has 1 N–H and O–H groups in total. The van der Waals surface area contributed by atoms with Gasteiger partial charge in [0.25, 0.3) is 5.91 Å². The molecule has 146 valence electrons. The van der Waals surface area contributed by atoms with Gasteiger partial charge >= 0.3 is 6.03 Å². The van der Waals surface area contributed by atoms with E-state index in [1.807, 2.05) is 60.7 Å². The van der Waals surface area contributed by atoms with E-state index in [2.05, 4.69) is 10.2 Å². The third kappa shape index (κ3) is 3.93. The molecule has 2 fully saturated rings. The molecule has 6 nitrogen and oxygen atoms in total. The minimum absolute atomic E-state index is 0.156. The summed E-state index contributed by atoms with van der Waals surface area (Å²) < 4.78 is 5.37. The fourth-order valence-corrected chi connectivity index (χ4v) is 3.94. The molecule has 2 heterocycles. The fraction of sp³-hybridized carbons (Fsp3) is 0.364. The van der Waals surface area contributed by atoms with Crippen molar-refractivity contribution in [3.8, 4) is 0 Å². The fourth-order valence-electron chi connectivity index (χ4n) is 3.94. The van der Waals surface area contributed by atoms with Crippen LogP contribution in [0.5, 0.6) is 0 Å². The molecule has 28 heavy (non-hydrogen) atoms. The Kier molecular flexibility index (Phi) is 5.41. The summed E-state index contributed by atoms with van der Waals surface area (Å²) in [7, 11) is 0. The molecule has 2 aliphatic heterocycles. The molecule has 0 unspecified atom stereocenters. The van der Waals surface area contributed by atoms with E-state index in [0.717, 1.165) is 24.2 Å². The SMILES string of the molecule is O=C1NC(Cc2ccccc2)(Cc2ccccc2)C(=O)N1CN1CCOCC1. The van der Waals surface area contributed by atoms with Crippen LogP contribution >= 0.6 is 0 Å². The van der Waals surface area contributed by atoms with Crippen molar-refractivity contribution in [2.75, 3.05) is 33.0 Å². The molecule has 0 spiro atoms. The first kappa shape index (κ1) is 18.7. The van der Waals surface area contributed by atoms with E-state index >= 15 is 0 Å². The molecule has 0 aliphatic carbocycles. The number of hydrogen-bond donors (Lipinski definition) is 1. The Hall–Kier alpha value is -2.70. The van der Waals surface area contributed by atoms with E-state index in [-0.39, 0.29) is 11.9 Å². The Morgan fingerprint density at radius 2 is 1.39 bits per heavy atom. The summed E-state index contributed by atoms with van der Waals surface area (Å²) in [6.07, 6.45) is 0.930. The minimum atomic E-state index is -0.966. The van der Waals surface area contributed by atoms with Crippen LogP contribution in [0.4, 0.5) is 4.79 Å². The van der Waals surface area contributed by atoms with Crippen molar-refractivity contribution in [2.24, 2.45) is 0 Å². The summed E-state index contributed by atoms with van der Waals surface area (Å²) in [4.78, 5) is 29.7. The number of morpholine rings is 1. The Morgan fingerprint density at radius 1 is 0.857 bits per heavy atom. The number of carbonyl (C=O) groups is 2. The molecule has 0 saturated carbocycles. The van der Waals surface area contributed by atoms with E-state index in [4.69, 9.17) is 4.74 Å². The number of amides is 3. The second-order valence-corrected chi connectivity index (χ2v) is 7.44. The number of nitrogens with one attached hydrogen (secondary N) is 1. The largest absolute Gasteiger partial charge is 0.379 e. The number of nitrogens with zero attached hydrogens (tertiary/aromatic N) is 2. The second kappa shape index (κ2) is 8.12. The number of ether oxygens (including phenoxy) is 1. The Labute approximate surface area is 165 Å². The van der Waals surface area contributed by atoms with Crippen LogP contribution in [0.1, 0.15) is 11.1 Å². The van der Waals surface area contributed by atoms with Crippen LogP contribution in [-0.2, 0) is 22.4 Å². The van der Waals surface area contributed by atoms with Gasteiger partial charge in [0, 0.05) is 25.9 Å². The summed E-state index contributed by atoms with van der Waals surface area (Å²) in [5, 5.41) is 3.03. The van der Waals surface area contributed by atoms with Crippen LogP contribution in [-0.4, -0.2) is 60.2 Å². The highest BCUT2D eigenvalue weighted by Crippen LogP contribution is 2.27. The Balaban J connectivity index is 1.60. The first-order chi connectivity index (χ1) is 13.7. The van der Waals surface area contributed by atoms with Gasteiger partial charge in [0.05, 0.1) is 19.9 Å². The lowest BCUT2D eigenvalue weighted by atomic mass is 9.84. The van der Waals surface area contributed by atoms with E-state index in [1.54, 1.807) is 0 Å². The summed E-state index contributed by atoms with van der Waals surface area (Å²) >= 11 is 0. The molecule has 0 radical (unpaired) electrons. The monoisotopic (exact) mass is 379 g/mol. The van der Waals surface area contributed by atoms with Gasteiger partial charge in [-0.3, -0.25) is 9.69 Å². The third-order valence-electron chi connectivity index (χ3n) is 5.39. The molecular formula is C22H25N3O3. The van der Waals surface area contributed by atoms with Crippen molar-refractivity contribution >= 4 is 11.9 Å². The molecule has 2 aliphatic rings. The quantitative estimate of drug-likeness (QED) is 0.781. The molecular weight excluding hydrogens is 354 g/mol. The zero-order chi connectivity index (χ0) is 19.4. The summed E-state index contributed by atoms with van der Waals surface area (Å²) in [6.45, 7) is 3.01. The maximum absolute atomic E-state index is 13.5. The zero-order valence-corrected chi connectivity index (χ0v) is 15.8. The van der Waals surface area contributed by atoms with E-state index < -0.39 is 5.54 Å². The van der Waals surface area contributed by atoms with Crippen LogP contribution in [0.15, 0.2) is 60.7 Å². The van der Waals surface area contributed by atoms with Gasteiger partial charge in [0.1, 0.15) is 5.54 Å². The van der Waals surface area contributed by atoms with Crippen LogP contribution in [0.25, 0.3) is 0 Å². The predicted molar refractivity (Wildman–Crippen MR) is 106 cm³/mol. The minimum Gasteiger partial charge on any atom is -0.379 e. The summed E-state index contributed by atoms with van der Waals surface area (Å²) in [5.41, 5.74) is 1.09. The first-order valence-corrected chi connectivity index (χ1v) is 9.68. The maximum Gasteiger partial charge on any atom is 0.326 e. The van der Waals surface area contributed by atoms with E-state index in [9.17, 15) is 9.59 Å². The number of urea groups is 1. The molecule has 0 aromatic heterocycles. The first-order valence-electron chi connectivity index (χ1n) is 9.68. The van der Waals surface area contributed by atoms with Gasteiger partial charge in [0.2, 0.25) is 0 Å². The predicted octanol–water partition coefficient (Wildman–Crippen LogP) is 2.05. The van der Waals surface area contributed by atoms with Gasteiger partial charge in [-0.2, -0.15) is 0 Å². The molecule has 0 bridgehead atoms. The third-order valence-corrected chi connectivity index (χ3v) is 5.39. The van der Waals surface area contributed by atoms with Crippen molar-refractivity contribution in [3.05, 3.63) is 71.8 Å². The lowest BCUT2D eigenvalue weighted by Gasteiger charge is -2.31. The average Bonchev–Trinajstić information content (AvgIpc) is 2.94. The standard InChI is InChI=1S/C22H25N3O3/c26-20-22(15-18-7-3-1-4-8-18,16-19-9-5-2-6-10-19)23-21(27)25(20)17-24-11-13-28-14-12-24/h1-10H,11-17H2,(H,23,27). The molecule has 3 amide bonds. The van der Waals surface area contributed by atoms with Gasteiger partial charge in [0.15, 0.2) is 0 Å². The molecule has 2 saturated heterocycles. The number of rotatable bonds is 6. The number of benzene rings is 2. The van der Waals surface area contributed by atoms with Gasteiger partial charge in [-0.05, 0) is 11.1 Å². The van der Waals surface area contributed by atoms with Crippen molar-refractivity contribution < 1.29 is 14.3 Å². The van der Waals surface area contributed by atoms with Gasteiger partial charge in [-0.25, -0.2) is 9.69 Å². The highest BCUT2D eigenvalue weighted by molar-refractivity contribution is 6.07. The van der Waals surface area contributed by atoms with Crippen molar-refractivity contribution in [3.63, 3.8) is 0 Å². The topological polar surface area (TPSA) is 61.9 Å². The molecule has 0 atom stereocenters. The molecule has 2 aromatic rings. The molecule has 6 heteroatoms. The van der Waals surface area contributed by atoms with Gasteiger partial charge in [-0.1, -0.05) is 60.7 Å². The zero-order valence-electron chi connectivity index (χ0n) is 15.8. The lowest BCUT2D eigenvalue weighted by Crippen LogP contribution is -2.52. The molecule has 2 aromatic carbocycles. The summed E-state index contributed by atoms with van der Waals surface area (Å²) in [6, 6.07) is 19.4. The lowest BCUT2D eigenvalue weighted by molar-refractivity contribution is -0.133. The highest BCUT2D eigenvalue weighted by Gasteiger charge is 2.51. The Morgan fingerprint density at radius 3 is 1.93 bits per heavy atom. The van der Waals surface area contributed by atoms with Crippen LogP contribution < -0.4 is 5.32 Å². The van der Waals surface area contributed by atoms with Crippen LogP contribution in [0.3, 0.4) is 0 Å². The maximum atomic E-state index is 13.5. The van der Waals surface area contributed by atoms with Crippen molar-refractivity contribution in [1.82, 2.24) is 15.1 Å². The van der Waals surface area contributed by atoms with Gasteiger partial charge < -0.3 is 10.1 Å². The van der Waals surface area contributed by atoms with Crippen molar-refractivity contribution in [2.45, 2.75) is 18.4 Å². The van der Waals surface area contributed by atoms with Crippen LogP contribution in [0, 0.1) is 0 Å². The normalized spacial score (nSPS) is 19.6. The average molecular weight is 379 g/mol. The van der Waals surface area contributed by atoms with E-state index in [1.165, 1.54) is 4.90 Å². The van der Waals surface area contributed by atoms with E-state index in [0.29, 0.717) is 32.7 Å². The number of hydrogen-bond acceptors (Lipinski definition) is 4.